The molecule has 8 heteroatoms. The van der Waals surface area contributed by atoms with Crippen LogP contribution in [0, 0.1) is 0 Å². The third-order valence-electron chi connectivity index (χ3n) is 4.83. The number of aromatic nitrogens is 2. The van der Waals surface area contributed by atoms with Gasteiger partial charge < -0.3 is 19.5 Å². The average molecular weight is 421 g/mol. The molecule has 8 nitrogen and oxygen atoms in total. The van der Waals surface area contributed by atoms with Gasteiger partial charge in [0.15, 0.2) is 11.5 Å². The van der Waals surface area contributed by atoms with Gasteiger partial charge in [-0.3, -0.25) is 9.59 Å². The van der Waals surface area contributed by atoms with E-state index in [1.807, 2.05) is 49.4 Å². The van der Waals surface area contributed by atoms with Crippen LogP contribution >= 0.6 is 0 Å². The van der Waals surface area contributed by atoms with Gasteiger partial charge in [0.1, 0.15) is 5.75 Å². The summed E-state index contributed by atoms with van der Waals surface area (Å²) < 4.78 is 17.6. The largest absolute Gasteiger partial charge is 0.494 e. The van der Waals surface area contributed by atoms with Crippen LogP contribution < -0.4 is 25.1 Å². The van der Waals surface area contributed by atoms with Crippen molar-refractivity contribution in [3.63, 3.8) is 0 Å². The maximum absolute atomic E-state index is 12.3. The van der Waals surface area contributed by atoms with Crippen molar-refractivity contribution in [2.75, 3.05) is 13.4 Å². The molecule has 0 unspecified atom stereocenters. The van der Waals surface area contributed by atoms with Crippen LogP contribution in [0.3, 0.4) is 0 Å². The minimum absolute atomic E-state index is 0.133. The predicted octanol–water partition coefficient (Wildman–Crippen LogP) is 2.74. The predicted molar refractivity (Wildman–Crippen MR) is 114 cm³/mol. The third-order valence-corrected chi connectivity index (χ3v) is 4.83. The summed E-state index contributed by atoms with van der Waals surface area (Å²) in [5, 5.41) is 7.27. The van der Waals surface area contributed by atoms with Gasteiger partial charge in [0, 0.05) is 30.2 Å². The van der Waals surface area contributed by atoms with Crippen molar-refractivity contribution in [1.82, 2.24) is 15.1 Å². The van der Waals surface area contributed by atoms with E-state index < -0.39 is 0 Å². The Kier molecular flexibility index (Phi) is 6.16. The summed E-state index contributed by atoms with van der Waals surface area (Å²) in [5.41, 5.74) is 2.05. The molecule has 2 aromatic carbocycles. The molecule has 31 heavy (non-hydrogen) atoms. The van der Waals surface area contributed by atoms with Gasteiger partial charge in [-0.25, -0.2) is 4.68 Å². The second kappa shape index (κ2) is 9.34. The molecule has 0 saturated carbocycles. The van der Waals surface area contributed by atoms with Gasteiger partial charge in [-0.05, 0) is 37.3 Å². The fraction of sp³-hybridized carbons (Fsp3) is 0.261. The Hall–Kier alpha value is -3.81. The monoisotopic (exact) mass is 421 g/mol. The summed E-state index contributed by atoms with van der Waals surface area (Å²) in [5.74, 6) is 1.90. The number of ether oxygens (including phenoxy) is 3. The molecule has 1 aliphatic rings. The summed E-state index contributed by atoms with van der Waals surface area (Å²) >= 11 is 0. The Morgan fingerprint density at radius 2 is 1.97 bits per heavy atom. The van der Waals surface area contributed by atoms with E-state index in [0.717, 1.165) is 16.9 Å². The van der Waals surface area contributed by atoms with Gasteiger partial charge >= 0.3 is 0 Å². The van der Waals surface area contributed by atoms with Crippen molar-refractivity contribution >= 4 is 5.91 Å². The summed E-state index contributed by atoms with van der Waals surface area (Å²) in [6.07, 6.45) is 0.133. The Labute approximate surface area is 179 Å². The topological polar surface area (TPSA) is 91.7 Å². The molecule has 2 heterocycles. The molecule has 160 valence electrons. The standard InChI is InChI=1S/C23H23N3O5/c1-2-29-19-6-4-3-5-17(19)14-24-22(27)11-12-26-23(28)10-8-18(25-26)16-7-9-20-21(13-16)31-15-30-20/h3-10,13H,2,11-12,14-15H2,1H3,(H,24,27). The maximum Gasteiger partial charge on any atom is 0.266 e. The molecule has 3 aromatic rings. The van der Waals surface area contributed by atoms with Crippen LogP contribution in [0.25, 0.3) is 11.3 Å². The van der Waals surface area contributed by atoms with Crippen molar-refractivity contribution in [3.8, 4) is 28.5 Å². The number of amides is 1. The Balaban J connectivity index is 1.39. The molecule has 1 amide bonds. The van der Waals surface area contributed by atoms with Gasteiger partial charge in [-0.15, -0.1) is 0 Å². The first kappa shape index (κ1) is 20.5. The zero-order valence-corrected chi connectivity index (χ0v) is 17.2. The minimum atomic E-state index is -0.265. The summed E-state index contributed by atoms with van der Waals surface area (Å²) in [4.78, 5) is 24.5. The third kappa shape index (κ3) is 4.85. The smallest absolute Gasteiger partial charge is 0.266 e. The number of benzene rings is 2. The van der Waals surface area contributed by atoms with Gasteiger partial charge in [0.25, 0.3) is 5.56 Å². The van der Waals surface area contributed by atoms with Crippen LogP contribution in [-0.4, -0.2) is 29.1 Å². The Morgan fingerprint density at radius 3 is 2.84 bits per heavy atom. The number of hydrogen-bond donors (Lipinski definition) is 1. The number of carbonyl (C=O) groups is 1. The summed E-state index contributed by atoms with van der Waals surface area (Å²) in [6, 6.07) is 16.2. The van der Waals surface area contributed by atoms with Gasteiger partial charge in [-0.2, -0.15) is 5.10 Å². The first-order valence-electron chi connectivity index (χ1n) is 10.1. The van der Waals surface area contributed by atoms with Crippen molar-refractivity contribution in [2.45, 2.75) is 26.4 Å². The number of fused-ring (bicyclic) bond motifs is 1. The molecule has 1 N–H and O–H groups in total. The lowest BCUT2D eigenvalue weighted by molar-refractivity contribution is -0.121. The number of para-hydroxylation sites is 1. The molecule has 0 fully saturated rings. The Bertz CT molecular complexity index is 1140. The van der Waals surface area contributed by atoms with Crippen molar-refractivity contribution < 1.29 is 19.0 Å². The summed E-state index contributed by atoms with van der Waals surface area (Å²) in [7, 11) is 0. The molecule has 0 bridgehead atoms. The molecule has 1 aliphatic heterocycles. The molecule has 4 rings (SSSR count). The number of nitrogens with one attached hydrogen (secondary N) is 1. The fourth-order valence-corrected chi connectivity index (χ4v) is 3.25. The fourth-order valence-electron chi connectivity index (χ4n) is 3.25. The quantitative estimate of drug-likeness (QED) is 0.601. The normalized spacial score (nSPS) is 11.9. The van der Waals surface area contributed by atoms with Crippen molar-refractivity contribution in [1.29, 1.82) is 0 Å². The van der Waals surface area contributed by atoms with Crippen LogP contribution in [-0.2, 0) is 17.9 Å². The highest BCUT2D eigenvalue weighted by atomic mass is 16.7. The highest BCUT2D eigenvalue weighted by molar-refractivity contribution is 5.75. The lowest BCUT2D eigenvalue weighted by Gasteiger charge is -2.11. The minimum Gasteiger partial charge on any atom is -0.494 e. The van der Waals surface area contributed by atoms with E-state index in [0.29, 0.717) is 30.3 Å². The zero-order valence-electron chi connectivity index (χ0n) is 17.2. The summed E-state index contributed by atoms with van der Waals surface area (Å²) in [6.45, 7) is 3.19. The van der Waals surface area contributed by atoms with Gasteiger partial charge in [-0.1, -0.05) is 18.2 Å². The van der Waals surface area contributed by atoms with Gasteiger partial charge in [0.05, 0.1) is 18.8 Å². The Morgan fingerprint density at radius 1 is 1.13 bits per heavy atom. The molecule has 0 aliphatic carbocycles. The van der Waals surface area contributed by atoms with E-state index in [4.69, 9.17) is 14.2 Å². The van der Waals surface area contributed by atoms with Crippen LogP contribution in [0.1, 0.15) is 18.9 Å². The van der Waals surface area contributed by atoms with E-state index in [1.54, 1.807) is 6.07 Å². The average Bonchev–Trinajstić information content (AvgIpc) is 3.26. The van der Waals surface area contributed by atoms with Crippen molar-refractivity contribution in [2.24, 2.45) is 0 Å². The zero-order chi connectivity index (χ0) is 21.6. The molecule has 1 aromatic heterocycles. The maximum atomic E-state index is 12.3. The van der Waals surface area contributed by atoms with E-state index >= 15 is 0 Å². The van der Waals surface area contributed by atoms with E-state index in [-0.39, 0.29) is 31.2 Å². The van der Waals surface area contributed by atoms with Crippen LogP contribution in [0.15, 0.2) is 59.4 Å². The first-order chi connectivity index (χ1) is 15.1. The lowest BCUT2D eigenvalue weighted by Crippen LogP contribution is -2.28. The van der Waals surface area contributed by atoms with Gasteiger partial charge in [0.2, 0.25) is 12.7 Å². The molecule has 0 atom stereocenters. The molecular weight excluding hydrogens is 398 g/mol. The first-order valence-corrected chi connectivity index (χ1v) is 10.1. The van der Waals surface area contributed by atoms with Crippen LogP contribution in [0.2, 0.25) is 0 Å². The SMILES string of the molecule is CCOc1ccccc1CNC(=O)CCn1nc(-c2ccc3c(c2)OCO3)ccc1=O. The van der Waals surface area contributed by atoms with Crippen molar-refractivity contribution in [3.05, 3.63) is 70.5 Å². The highest BCUT2D eigenvalue weighted by Crippen LogP contribution is 2.35. The molecule has 0 spiro atoms. The number of carbonyl (C=O) groups excluding carboxylic acids is 1. The number of nitrogens with zero attached hydrogens (tertiary/aromatic N) is 2. The van der Waals surface area contributed by atoms with E-state index in [9.17, 15) is 9.59 Å². The number of hydrogen-bond acceptors (Lipinski definition) is 6. The van der Waals surface area contributed by atoms with E-state index in [2.05, 4.69) is 10.4 Å². The molecular formula is C23H23N3O5. The number of aryl methyl sites for hydroxylation is 1. The van der Waals surface area contributed by atoms with Crippen LogP contribution in [0.4, 0.5) is 0 Å². The molecule has 0 saturated heterocycles. The highest BCUT2D eigenvalue weighted by Gasteiger charge is 2.15. The van der Waals surface area contributed by atoms with Crippen LogP contribution in [0.5, 0.6) is 17.2 Å². The van der Waals surface area contributed by atoms with E-state index in [1.165, 1.54) is 10.7 Å². The second-order valence-corrected chi connectivity index (χ2v) is 6.92. The molecule has 0 radical (unpaired) electrons. The number of rotatable bonds is 8. The second-order valence-electron chi connectivity index (χ2n) is 6.92. The lowest BCUT2D eigenvalue weighted by atomic mass is 10.1.